The van der Waals surface area contributed by atoms with Crippen LogP contribution in [-0.2, 0) is 4.79 Å². The fourth-order valence-corrected chi connectivity index (χ4v) is 1.65. The van der Waals surface area contributed by atoms with Gasteiger partial charge in [0.15, 0.2) is 0 Å². The van der Waals surface area contributed by atoms with Crippen molar-refractivity contribution in [1.29, 1.82) is 0 Å². The second-order valence-corrected chi connectivity index (χ2v) is 3.46. The number of aliphatic carboxylic acids is 1. The summed E-state index contributed by atoms with van der Waals surface area (Å²) in [7, 11) is 0. The first kappa shape index (κ1) is 13.5. The number of rotatable bonds is 3. The molecule has 1 unspecified atom stereocenters. The van der Waals surface area contributed by atoms with Crippen LogP contribution in [0.2, 0.25) is 0 Å². The first-order chi connectivity index (χ1) is 6.24. The Morgan fingerprint density at radius 2 is 2.36 bits per heavy atom. The van der Waals surface area contributed by atoms with Crippen LogP contribution in [0, 0.1) is 5.92 Å². The molecule has 0 aromatic carbocycles. The van der Waals surface area contributed by atoms with E-state index in [1.807, 2.05) is 13.0 Å². The van der Waals surface area contributed by atoms with Crippen LogP contribution in [-0.4, -0.2) is 24.2 Å². The summed E-state index contributed by atoms with van der Waals surface area (Å²) < 4.78 is 0. The van der Waals surface area contributed by atoms with Crippen LogP contribution in [0.3, 0.4) is 0 Å². The third-order valence-corrected chi connectivity index (χ3v) is 2.43. The summed E-state index contributed by atoms with van der Waals surface area (Å²) in [5.41, 5.74) is 0.550. The molecule has 0 aromatic heterocycles. The average molecular weight is 220 g/mol. The van der Waals surface area contributed by atoms with Gasteiger partial charge in [0.25, 0.3) is 0 Å². The molecule has 1 rings (SSSR count). The Bertz CT molecular complexity index is 210. The van der Waals surface area contributed by atoms with E-state index < -0.39 is 5.97 Å². The van der Waals surface area contributed by atoms with Crippen LogP contribution < -0.4 is 5.32 Å². The van der Waals surface area contributed by atoms with E-state index in [1.165, 1.54) is 0 Å². The fraction of sp³-hybridized carbons (Fsp3) is 0.700. The van der Waals surface area contributed by atoms with E-state index >= 15 is 0 Å². The SMILES string of the molecule is CC/C(=C\C1CCCNC1)C(=O)O.Cl. The van der Waals surface area contributed by atoms with Crippen molar-refractivity contribution in [1.82, 2.24) is 5.32 Å². The number of carboxylic acids is 1. The summed E-state index contributed by atoms with van der Waals surface area (Å²) in [5.74, 6) is -0.354. The monoisotopic (exact) mass is 219 g/mol. The topological polar surface area (TPSA) is 49.3 Å². The van der Waals surface area contributed by atoms with Crippen molar-refractivity contribution in [2.75, 3.05) is 13.1 Å². The Kier molecular flexibility index (Phi) is 6.58. The van der Waals surface area contributed by atoms with Crippen molar-refractivity contribution >= 4 is 18.4 Å². The van der Waals surface area contributed by atoms with E-state index in [4.69, 9.17) is 5.11 Å². The highest BCUT2D eigenvalue weighted by Gasteiger charge is 2.13. The van der Waals surface area contributed by atoms with Gasteiger partial charge in [-0.3, -0.25) is 0 Å². The van der Waals surface area contributed by atoms with Crippen LogP contribution in [0.25, 0.3) is 0 Å². The lowest BCUT2D eigenvalue weighted by Crippen LogP contribution is -2.29. The number of hydrogen-bond acceptors (Lipinski definition) is 2. The zero-order valence-corrected chi connectivity index (χ0v) is 9.27. The van der Waals surface area contributed by atoms with Crippen LogP contribution >= 0.6 is 12.4 Å². The van der Waals surface area contributed by atoms with Crippen molar-refractivity contribution in [3.8, 4) is 0 Å². The molecular weight excluding hydrogens is 202 g/mol. The van der Waals surface area contributed by atoms with Gasteiger partial charge < -0.3 is 10.4 Å². The number of halogens is 1. The molecule has 0 radical (unpaired) electrons. The van der Waals surface area contributed by atoms with Crippen LogP contribution in [0.4, 0.5) is 0 Å². The second-order valence-electron chi connectivity index (χ2n) is 3.46. The molecule has 2 N–H and O–H groups in total. The van der Waals surface area contributed by atoms with Gasteiger partial charge in [0.1, 0.15) is 0 Å². The predicted octanol–water partition coefficient (Wildman–Crippen LogP) is 1.83. The summed E-state index contributed by atoms with van der Waals surface area (Å²) in [4.78, 5) is 10.7. The molecule has 14 heavy (non-hydrogen) atoms. The highest BCUT2D eigenvalue weighted by atomic mass is 35.5. The van der Waals surface area contributed by atoms with Crippen molar-refractivity contribution in [3.63, 3.8) is 0 Å². The first-order valence-corrected chi connectivity index (χ1v) is 4.88. The molecule has 0 amide bonds. The predicted molar refractivity (Wildman–Crippen MR) is 58.9 cm³/mol. The zero-order valence-electron chi connectivity index (χ0n) is 8.45. The van der Waals surface area contributed by atoms with E-state index in [0.717, 1.165) is 25.9 Å². The lowest BCUT2D eigenvalue weighted by molar-refractivity contribution is -0.132. The molecule has 1 aliphatic rings. The summed E-state index contributed by atoms with van der Waals surface area (Å²) in [5, 5.41) is 12.1. The Labute approximate surface area is 91.0 Å². The standard InChI is InChI=1S/C10H17NO2.ClH/c1-2-9(10(12)13)6-8-4-3-5-11-7-8;/h6,8,11H,2-5,7H2,1H3,(H,12,13);1H/b9-6+;. The Morgan fingerprint density at radius 1 is 1.64 bits per heavy atom. The second kappa shape index (κ2) is 6.85. The summed E-state index contributed by atoms with van der Waals surface area (Å²) >= 11 is 0. The van der Waals surface area contributed by atoms with Crippen LogP contribution in [0.1, 0.15) is 26.2 Å². The molecule has 1 atom stereocenters. The van der Waals surface area contributed by atoms with E-state index in [-0.39, 0.29) is 12.4 Å². The summed E-state index contributed by atoms with van der Waals surface area (Å²) in [6, 6.07) is 0. The van der Waals surface area contributed by atoms with Gasteiger partial charge in [-0.2, -0.15) is 0 Å². The number of nitrogens with one attached hydrogen (secondary N) is 1. The highest BCUT2D eigenvalue weighted by molar-refractivity contribution is 5.86. The molecule has 0 aromatic rings. The lowest BCUT2D eigenvalue weighted by Gasteiger charge is -2.20. The van der Waals surface area contributed by atoms with Gasteiger partial charge in [-0.1, -0.05) is 13.0 Å². The van der Waals surface area contributed by atoms with Gasteiger partial charge in [0.05, 0.1) is 0 Å². The number of carboxylic acid groups (broad SMARTS) is 1. The maximum Gasteiger partial charge on any atom is 0.331 e. The third-order valence-electron chi connectivity index (χ3n) is 2.43. The molecular formula is C10H18ClNO2. The lowest BCUT2D eigenvalue weighted by atomic mass is 9.96. The minimum absolute atomic E-state index is 0. The van der Waals surface area contributed by atoms with Gasteiger partial charge in [0.2, 0.25) is 0 Å². The summed E-state index contributed by atoms with van der Waals surface area (Å²) in [6.07, 6.45) is 4.79. The Hall–Kier alpha value is -0.540. The molecule has 4 heteroatoms. The van der Waals surface area contributed by atoms with E-state index in [2.05, 4.69) is 5.32 Å². The van der Waals surface area contributed by atoms with Gasteiger partial charge >= 0.3 is 5.97 Å². The van der Waals surface area contributed by atoms with Crippen LogP contribution in [0.5, 0.6) is 0 Å². The number of carbonyl (C=O) groups is 1. The maximum atomic E-state index is 10.7. The Balaban J connectivity index is 0.00000169. The molecule has 82 valence electrons. The largest absolute Gasteiger partial charge is 0.478 e. The minimum Gasteiger partial charge on any atom is -0.478 e. The fourth-order valence-electron chi connectivity index (χ4n) is 1.65. The van der Waals surface area contributed by atoms with E-state index in [1.54, 1.807) is 0 Å². The van der Waals surface area contributed by atoms with Gasteiger partial charge in [-0.15, -0.1) is 12.4 Å². The number of hydrogen-bond donors (Lipinski definition) is 2. The molecule has 1 heterocycles. The highest BCUT2D eigenvalue weighted by Crippen LogP contribution is 2.15. The average Bonchev–Trinajstić information content (AvgIpc) is 2.15. The molecule has 0 saturated carbocycles. The molecule has 0 aliphatic carbocycles. The van der Waals surface area contributed by atoms with Crippen molar-refractivity contribution in [2.45, 2.75) is 26.2 Å². The molecule has 3 nitrogen and oxygen atoms in total. The zero-order chi connectivity index (χ0) is 9.68. The number of piperidine rings is 1. The third kappa shape index (κ3) is 4.11. The van der Waals surface area contributed by atoms with Crippen molar-refractivity contribution in [3.05, 3.63) is 11.6 Å². The normalized spacial score (nSPS) is 22.6. The van der Waals surface area contributed by atoms with Crippen molar-refractivity contribution < 1.29 is 9.90 Å². The van der Waals surface area contributed by atoms with Gasteiger partial charge in [0, 0.05) is 12.1 Å². The molecule has 1 fully saturated rings. The first-order valence-electron chi connectivity index (χ1n) is 4.88. The smallest absolute Gasteiger partial charge is 0.331 e. The maximum absolute atomic E-state index is 10.7. The molecule has 1 aliphatic heterocycles. The molecule has 1 saturated heterocycles. The van der Waals surface area contributed by atoms with Gasteiger partial charge in [-0.05, 0) is 31.7 Å². The summed E-state index contributed by atoms with van der Waals surface area (Å²) in [6.45, 7) is 3.88. The molecule has 0 spiro atoms. The van der Waals surface area contributed by atoms with E-state index in [9.17, 15) is 4.79 Å². The van der Waals surface area contributed by atoms with Crippen LogP contribution in [0.15, 0.2) is 11.6 Å². The van der Waals surface area contributed by atoms with Crippen molar-refractivity contribution in [2.24, 2.45) is 5.92 Å². The minimum atomic E-state index is -0.770. The quantitative estimate of drug-likeness (QED) is 0.712. The molecule has 0 bridgehead atoms. The van der Waals surface area contributed by atoms with Gasteiger partial charge in [-0.25, -0.2) is 4.79 Å². The van der Waals surface area contributed by atoms with E-state index in [0.29, 0.717) is 17.9 Å². The Morgan fingerprint density at radius 3 is 2.79 bits per heavy atom.